The SMILES string of the molecule is CC(O)(C(F)(F)F)C(F)(F)F.CC(OC(=O)c1ccc(C=O)cc1)(C(F)(F)F)C(F)(F)F.O=Cc1ccc(C(=O)O)cc1. The van der Waals surface area contributed by atoms with Gasteiger partial charge in [-0.05, 0) is 38.1 Å². The van der Waals surface area contributed by atoms with Crippen molar-refractivity contribution in [1.29, 1.82) is 0 Å². The van der Waals surface area contributed by atoms with Crippen molar-refractivity contribution in [3.63, 3.8) is 0 Å². The molecule has 0 bridgehead atoms. The molecule has 0 spiro atoms. The van der Waals surface area contributed by atoms with E-state index in [1.54, 1.807) is 0 Å². The minimum atomic E-state index is -5.83. The highest BCUT2D eigenvalue weighted by Gasteiger charge is 2.71. The summed E-state index contributed by atoms with van der Waals surface area (Å²) < 4.78 is 147. The van der Waals surface area contributed by atoms with E-state index in [0.29, 0.717) is 18.1 Å². The Hall–Kier alpha value is -4.16. The smallest absolute Gasteiger partial charge is 0.437 e. The summed E-state index contributed by atoms with van der Waals surface area (Å²) in [6.45, 7) is -0.613. The maximum absolute atomic E-state index is 12.6. The molecule has 0 aromatic heterocycles. The van der Waals surface area contributed by atoms with Crippen LogP contribution in [0.25, 0.3) is 0 Å². The predicted molar refractivity (Wildman–Crippen MR) is 119 cm³/mol. The molecule has 0 aliphatic heterocycles. The van der Waals surface area contributed by atoms with Gasteiger partial charge in [0.1, 0.15) is 12.6 Å². The van der Waals surface area contributed by atoms with Crippen molar-refractivity contribution in [2.75, 3.05) is 0 Å². The third-order valence-electron chi connectivity index (χ3n) is 5.06. The summed E-state index contributed by atoms with van der Waals surface area (Å²) in [5.74, 6) is -2.79. The van der Waals surface area contributed by atoms with Gasteiger partial charge in [0.2, 0.25) is 0 Å². The average molecular weight is 646 g/mol. The number of hydrogen-bond acceptors (Lipinski definition) is 6. The van der Waals surface area contributed by atoms with E-state index in [1.165, 1.54) is 24.3 Å². The van der Waals surface area contributed by atoms with Crippen LogP contribution in [0.15, 0.2) is 48.5 Å². The lowest BCUT2D eigenvalue weighted by molar-refractivity contribution is -0.360. The van der Waals surface area contributed by atoms with E-state index in [0.717, 1.165) is 24.3 Å². The van der Waals surface area contributed by atoms with Gasteiger partial charge in [0.05, 0.1) is 11.1 Å². The summed E-state index contributed by atoms with van der Waals surface area (Å²) in [7, 11) is 0. The van der Waals surface area contributed by atoms with Gasteiger partial charge in [0, 0.05) is 11.1 Å². The van der Waals surface area contributed by atoms with E-state index < -0.39 is 53.4 Å². The van der Waals surface area contributed by atoms with Crippen molar-refractivity contribution in [1.82, 2.24) is 0 Å². The van der Waals surface area contributed by atoms with E-state index in [-0.39, 0.29) is 25.0 Å². The van der Waals surface area contributed by atoms with Gasteiger partial charge in [-0.3, -0.25) is 9.59 Å². The number of aromatic carboxylic acids is 1. The third-order valence-corrected chi connectivity index (χ3v) is 5.06. The second-order valence-corrected chi connectivity index (χ2v) is 8.27. The maximum atomic E-state index is 12.6. The Kier molecular flexibility index (Phi) is 12.5. The summed E-state index contributed by atoms with van der Waals surface area (Å²) >= 11 is 0. The Labute approximate surface area is 232 Å². The average Bonchev–Trinajstić information content (AvgIpc) is 2.86. The molecule has 19 heteroatoms. The molecule has 0 fully saturated rings. The number of aliphatic hydroxyl groups is 1. The Morgan fingerprint density at radius 1 is 0.605 bits per heavy atom. The first kappa shape index (κ1) is 38.8. The molecule has 0 amide bonds. The normalized spacial score (nSPS) is 12.5. The molecule has 2 aromatic carbocycles. The van der Waals surface area contributed by atoms with E-state index >= 15 is 0 Å². The molecular formula is C24H18F12O7. The number of carbonyl (C=O) groups excluding carboxylic acids is 3. The highest BCUT2D eigenvalue weighted by molar-refractivity contribution is 5.91. The number of esters is 1. The quantitative estimate of drug-likeness (QED) is 0.214. The standard InChI is InChI=1S/C12H8F6O3.C8H6O3.C4H4F6O/c1-10(11(13,14)15,12(16,17)18)21-9(20)8-4-2-7(6-19)3-5-8;9-5-6-1-3-7(4-2-6)8(10)11;1-2(11,3(5,6)7)4(8,9)10/h2-6H,1H3;1-5H,(H,10,11);11H,1H3. The van der Waals surface area contributed by atoms with Crippen LogP contribution in [0.5, 0.6) is 0 Å². The number of hydrogen-bond donors (Lipinski definition) is 2. The third kappa shape index (κ3) is 10.3. The molecule has 0 aliphatic rings. The Balaban J connectivity index is 0.000000677. The fourth-order valence-corrected chi connectivity index (χ4v) is 2.08. The zero-order valence-electron chi connectivity index (χ0n) is 21.2. The first-order valence-corrected chi connectivity index (χ1v) is 10.7. The summed E-state index contributed by atoms with van der Waals surface area (Å²) in [4.78, 5) is 42.3. The van der Waals surface area contributed by atoms with Gasteiger partial charge in [-0.15, -0.1) is 0 Å². The highest BCUT2D eigenvalue weighted by atomic mass is 19.4. The minimum Gasteiger partial charge on any atom is -0.478 e. The van der Waals surface area contributed by atoms with Gasteiger partial charge >= 0.3 is 36.6 Å². The molecular weight excluding hydrogens is 628 g/mol. The Bertz CT molecular complexity index is 1210. The Morgan fingerprint density at radius 3 is 1.12 bits per heavy atom. The van der Waals surface area contributed by atoms with Crippen molar-refractivity contribution in [2.45, 2.75) is 49.8 Å². The van der Waals surface area contributed by atoms with Crippen LogP contribution in [0.3, 0.4) is 0 Å². The number of alkyl halides is 12. The first-order chi connectivity index (χ1) is 19.2. The Morgan fingerprint density at radius 2 is 0.907 bits per heavy atom. The van der Waals surface area contributed by atoms with Gasteiger partial charge in [-0.1, -0.05) is 24.3 Å². The van der Waals surface area contributed by atoms with Crippen molar-refractivity contribution in [3.8, 4) is 0 Å². The molecule has 0 unspecified atom stereocenters. The number of benzene rings is 2. The van der Waals surface area contributed by atoms with Gasteiger partial charge < -0.3 is 14.9 Å². The van der Waals surface area contributed by atoms with E-state index in [2.05, 4.69) is 4.74 Å². The molecule has 2 N–H and O–H groups in total. The number of carbonyl (C=O) groups is 4. The molecule has 0 aliphatic carbocycles. The number of carboxylic acids is 1. The zero-order valence-corrected chi connectivity index (χ0v) is 21.2. The first-order valence-electron chi connectivity index (χ1n) is 10.7. The van der Waals surface area contributed by atoms with Gasteiger partial charge in [0.25, 0.3) is 11.2 Å². The van der Waals surface area contributed by atoms with E-state index in [4.69, 9.17) is 10.2 Å². The van der Waals surface area contributed by atoms with Crippen molar-refractivity contribution in [2.24, 2.45) is 0 Å². The lowest BCUT2D eigenvalue weighted by atomic mass is 10.1. The number of aldehydes is 2. The van der Waals surface area contributed by atoms with Crippen LogP contribution in [-0.2, 0) is 4.74 Å². The van der Waals surface area contributed by atoms with Crippen LogP contribution in [0, 0.1) is 0 Å². The molecule has 7 nitrogen and oxygen atoms in total. The topological polar surface area (TPSA) is 118 Å². The largest absolute Gasteiger partial charge is 0.478 e. The van der Waals surface area contributed by atoms with Gasteiger partial charge in [0.15, 0.2) is 0 Å². The molecule has 0 saturated heterocycles. The van der Waals surface area contributed by atoms with Crippen molar-refractivity contribution < 1.29 is 86.8 Å². The molecule has 0 saturated carbocycles. The molecule has 2 rings (SSSR count). The number of carboxylic acid groups (broad SMARTS) is 1. The fraction of sp³-hybridized carbons (Fsp3) is 0.333. The molecule has 240 valence electrons. The lowest BCUT2D eigenvalue weighted by Gasteiger charge is -2.33. The van der Waals surface area contributed by atoms with Crippen LogP contribution < -0.4 is 0 Å². The van der Waals surface area contributed by atoms with Gasteiger partial charge in [-0.2, -0.15) is 52.7 Å². The van der Waals surface area contributed by atoms with Crippen LogP contribution >= 0.6 is 0 Å². The van der Waals surface area contributed by atoms with E-state index in [1.807, 2.05) is 0 Å². The molecule has 0 atom stereocenters. The summed E-state index contributed by atoms with van der Waals surface area (Å²) in [6, 6.07) is 9.62. The van der Waals surface area contributed by atoms with Crippen LogP contribution in [0.4, 0.5) is 52.7 Å². The number of ether oxygens (including phenoxy) is 1. The highest BCUT2D eigenvalue weighted by Crippen LogP contribution is 2.46. The van der Waals surface area contributed by atoms with Crippen molar-refractivity contribution in [3.05, 3.63) is 70.8 Å². The molecule has 0 heterocycles. The number of halogens is 12. The lowest BCUT2D eigenvalue weighted by Crippen LogP contribution is -2.57. The second-order valence-electron chi connectivity index (χ2n) is 8.27. The monoisotopic (exact) mass is 646 g/mol. The minimum absolute atomic E-state index is 0.0981. The summed E-state index contributed by atoms with van der Waals surface area (Å²) in [5.41, 5.74) is -9.02. The van der Waals surface area contributed by atoms with Crippen LogP contribution in [0.1, 0.15) is 55.3 Å². The summed E-state index contributed by atoms with van der Waals surface area (Å²) in [5, 5.41) is 16.4. The molecule has 2 aromatic rings. The van der Waals surface area contributed by atoms with Crippen molar-refractivity contribution >= 4 is 24.5 Å². The zero-order chi connectivity index (χ0) is 34.2. The van der Waals surface area contributed by atoms with Crippen LogP contribution in [-0.4, -0.2) is 70.6 Å². The molecule has 43 heavy (non-hydrogen) atoms. The van der Waals surface area contributed by atoms with Gasteiger partial charge in [-0.25, -0.2) is 9.59 Å². The molecule has 0 radical (unpaired) electrons. The van der Waals surface area contributed by atoms with Crippen LogP contribution in [0.2, 0.25) is 0 Å². The maximum Gasteiger partial charge on any atom is 0.437 e. The second kappa shape index (κ2) is 13.9. The fourth-order valence-electron chi connectivity index (χ4n) is 2.08. The summed E-state index contributed by atoms with van der Waals surface area (Å²) in [6.07, 6.45) is -22.0. The van der Waals surface area contributed by atoms with E-state index in [9.17, 15) is 71.9 Å². The number of rotatable bonds is 5. The predicted octanol–water partition coefficient (Wildman–Crippen LogP) is 6.60.